The monoisotopic (exact) mass is 485 g/mol. The fourth-order valence-corrected chi connectivity index (χ4v) is 3.19. The average molecular weight is 485 g/mol. The Balaban J connectivity index is 2.17. The third-order valence-corrected chi connectivity index (χ3v) is 4.86. The van der Waals surface area contributed by atoms with E-state index in [9.17, 15) is 9.18 Å². The maximum atomic E-state index is 15.2. The van der Waals surface area contributed by atoms with Gasteiger partial charge in [-0.2, -0.15) is 0 Å². The van der Waals surface area contributed by atoms with E-state index >= 15 is 4.39 Å². The topological polar surface area (TPSA) is 76.2 Å². The van der Waals surface area contributed by atoms with E-state index < -0.39 is 17.5 Å². The third kappa shape index (κ3) is 3.74. The molecule has 0 aliphatic rings. The van der Waals surface area contributed by atoms with Crippen LogP contribution in [0, 0.1) is 15.2 Å². The molecule has 1 aromatic heterocycles. The van der Waals surface area contributed by atoms with Gasteiger partial charge in [-0.05, 0) is 46.9 Å². The number of nitrogens with one attached hydrogen (secondary N) is 1. The lowest BCUT2D eigenvalue weighted by Crippen LogP contribution is -2.32. The molecule has 9 heteroatoms. The summed E-state index contributed by atoms with van der Waals surface area (Å²) in [5.41, 5.74) is 6.12. The van der Waals surface area contributed by atoms with E-state index in [1.54, 1.807) is 30.8 Å². The molecule has 0 saturated carbocycles. The van der Waals surface area contributed by atoms with E-state index in [0.29, 0.717) is 15.6 Å². The maximum absolute atomic E-state index is 15.2. The van der Waals surface area contributed by atoms with Gasteiger partial charge in [0.2, 0.25) is 0 Å². The van der Waals surface area contributed by atoms with Crippen molar-refractivity contribution in [1.82, 2.24) is 14.5 Å². The first-order valence-electron chi connectivity index (χ1n) is 8.14. The van der Waals surface area contributed by atoms with Gasteiger partial charge in [-0.1, -0.05) is 0 Å². The molecule has 3 N–H and O–H groups in total. The Morgan fingerprint density at radius 1 is 1.37 bits per heavy atom. The van der Waals surface area contributed by atoms with Crippen molar-refractivity contribution in [3.63, 3.8) is 0 Å². The molecular formula is C18H18F2IN5O. The van der Waals surface area contributed by atoms with Gasteiger partial charge in [0.1, 0.15) is 11.3 Å². The number of aryl methyl sites for hydroxylation is 1. The van der Waals surface area contributed by atoms with Gasteiger partial charge < -0.3 is 20.5 Å². The molecular weight excluding hydrogens is 467 g/mol. The summed E-state index contributed by atoms with van der Waals surface area (Å²) in [6.07, 6.45) is 1.46. The second-order valence-corrected chi connectivity index (χ2v) is 7.35. The number of nitrogens with two attached hydrogens (primary N) is 1. The Kier molecular flexibility index (Phi) is 5.61. The molecule has 0 aliphatic carbocycles. The molecule has 0 unspecified atom stereocenters. The number of likely N-dealkylation sites (N-methyl/N-ethyl adjacent to an activating group) is 1. The molecule has 0 spiro atoms. The van der Waals surface area contributed by atoms with Crippen molar-refractivity contribution in [3.8, 4) is 0 Å². The molecule has 27 heavy (non-hydrogen) atoms. The molecule has 0 aliphatic heterocycles. The van der Waals surface area contributed by atoms with Gasteiger partial charge in [0.15, 0.2) is 5.82 Å². The van der Waals surface area contributed by atoms with Crippen LogP contribution >= 0.6 is 22.6 Å². The smallest absolute Gasteiger partial charge is 0.255 e. The van der Waals surface area contributed by atoms with Gasteiger partial charge in [-0.15, -0.1) is 0 Å². The Morgan fingerprint density at radius 3 is 2.78 bits per heavy atom. The van der Waals surface area contributed by atoms with E-state index in [1.165, 1.54) is 23.4 Å². The first-order valence-corrected chi connectivity index (χ1v) is 9.22. The highest BCUT2D eigenvalue weighted by Gasteiger charge is 2.24. The van der Waals surface area contributed by atoms with E-state index in [2.05, 4.69) is 10.3 Å². The van der Waals surface area contributed by atoms with E-state index in [0.717, 1.165) is 0 Å². The molecule has 0 atom stereocenters. The second kappa shape index (κ2) is 7.77. The van der Waals surface area contributed by atoms with Crippen LogP contribution in [0.1, 0.15) is 10.4 Å². The normalized spacial score (nSPS) is 11.0. The van der Waals surface area contributed by atoms with Crippen LogP contribution in [0.3, 0.4) is 0 Å². The fourth-order valence-electron chi connectivity index (χ4n) is 2.74. The summed E-state index contributed by atoms with van der Waals surface area (Å²) in [5.74, 6) is -1.68. The first-order chi connectivity index (χ1) is 12.8. The number of carbonyl (C=O) groups is 1. The van der Waals surface area contributed by atoms with Crippen LogP contribution in [-0.4, -0.2) is 40.5 Å². The zero-order chi connectivity index (χ0) is 19.7. The minimum atomic E-state index is -0.712. The van der Waals surface area contributed by atoms with Crippen molar-refractivity contribution < 1.29 is 13.6 Å². The lowest BCUT2D eigenvalue weighted by molar-refractivity contribution is 0.0799. The standard InChI is InChI=1S/C18H18F2IN5O/c1-25(6-5-22)18(27)11-8-14-17(23-9-26(14)2)15(20)16(11)24-13-4-3-10(21)7-12(13)19/h3-4,7-9,24H,5-6,22H2,1-2H3. The van der Waals surface area contributed by atoms with E-state index in [4.69, 9.17) is 5.73 Å². The maximum Gasteiger partial charge on any atom is 0.255 e. The number of amides is 1. The first kappa shape index (κ1) is 19.5. The van der Waals surface area contributed by atoms with Crippen molar-refractivity contribution in [2.24, 2.45) is 12.8 Å². The van der Waals surface area contributed by atoms with Crippen molar-refractivity contribution in [2.45, 2.75) is 0 Å². The summed E-state index contributed by atoms with van der Waals surface area (Å²) in [6.45, 7) is 0.578. The van der Waals surface area contributed by atoms with Crippen LogP contribution in [-0.2, 0) is 7.05 Å². The van der Waals surface area contributed by atoms with Gasteiger partial charge in [0.05, 0.1) is 28.8 Å². The highest BCUT2D eigenvalue weighted by molar-refractivity contribution is 14.1. The number of imidazole rings is 1. The number of benzene rings is 2. The number of rotatable bonds is 5. The number of halogens is 3. The van der Waals surface area contributed by atoms with Crippen molar-refractivity contribution >= 4 is 50.9 Å². The summed E-state index contributed by atoms with van der Waals surface area (Å²) < 4.78 is 31.8. The van der Waals surface area contributed by atoms with Crippen molar-refractivity contribution in [1.29, 1.82) is 0 Å². The molecule has 0 saturated heterocycles. The summed E-state index contributed by atoms with van der Waals surface area (Å²) in [7, 11) is 3.29. The number of nitrogens with zero attached hydrogens (tertiary/aromatic N) is 3. The van der Waals surface area contributed by atoms with Gasteiger partial charge in [-0.3, -0.25) is 4.79 Å². The molecule has 6 nitrogen and oxygen atoms in total. The van der Waals surface area contributed by atoms with Gasteiger partial charge in [-0.25, -0.2) is 13.8 Å². The van der Waals surface area contributed by atoms with Crippen LogP contribution in [0.2, 0.25) is 0 Å². The number of fused-ring (bicyclic) bond motifs is 1. The number of carbonyl (C=O) groups excluding carboxylic acids is 1. The highest BCUT2D eigenvalue weighted by atomic mass is 127. The molecule has 3 rings (SSSR count). The molecule has 0 bridgehead atoms. The van der Waals surface area contributed by atoms with E-state index in [1.807, 2.05) is 22.6 Å². The van der Waals surface area contributed by atoms with Crippen LogP contribution in [0.5, 0.6) is 0 Å². The van der Waals surface area contributed by atoms with Crippen LogP contribution in [0.15, 0.2) is 30.6 Å². The Hall–Kier alpha value is -2.27. The zero-order valence-corrected chi connectivity index (χ0v) is 16.9. The fraction of sp³-hybridized carbons (Fsp3) is 0.222. The Bertz CT molecular complexity index is 1020. The van der Waals surface area contributed by atoms with Gasteiger partial charge >= 0.3 is 0 Å². The summed E-state index contributed by atoms with van der Waals surface area (Å²) in [5, 5.41) is 2.73. The SMILES string of the molecule is CN(CCN)C(=O)c1cc2c(ncn2C)c(F)c1Nc1ccc(I)cc1F. The van der Waals surface area contributed by atoms with Crippen LogP contribution in [0.4, 0.5) is 20.2 Å². The molecule has 142 valence electrons. The Morgan fingerprint density at radius 2 is 2.11 bits per heavy atom. The predicted molar refractivity (Wildman–Crippen MR) is 109 cm³/mol. The third-order valence-electron chi connectivity index (χ3n) is 4.19. The zero-order valence-electron chi connectivity index (χ0n) is 14.8. The van der Waals surface area contributed by atoms with E-state index in [-0.39, 0.29) is 29.0 Å². The predicted octanol–water partition coefficient (Wildman–Crippen LogP) is 3.23. The van der Waals surface area contributed by atoms with Crippen molar-refractivity contribution in [3.05, 3.63) is 51.4 Å². The summed E-state index contributed by atoms with van der Waals surface area (Å²) >= 11 is 1.98. The molecule has 0 radical (unpaired) electrons. The lowest BCUT2D eigenvalue weighted by atomic mass is 10.1. The summed E-state index contributed by atoms with van der Waals surface area (Å²) in [4.78, 5) is 18.3. The average Bonchev–Trinajstić information content (AvgIpc) is 3.00. The second-order valence-electron chi connectivity index (χ2n) is 6.10. The van der Waals surface area contributed by atoms with Crippen LogP contribution < -0.4 is 11.1 Å². The number of aromatic nitrogens is 2. The molecule has 1 heterocycles. The van der Waals surface area contributed by atoms with Gasteiger partial charge in [0, 0.05) is 30.8 Å². The van der Waals surface area contributed by atoms with Crippen molar-refractivity contribution in [2.75, 3.05) is 25.5 Å². The molecule has 1 amide bonds. The molecule has 0 fully saturated rings. The number of hydrogen-bond donors (Lipinski definition) is 2. The van der Waals surface area contributed by atoms with Crippen LogP contribution in [0.25, 0.3) is 11.0 Å². The highest BCUT2D eigenvalue weighted by Crippen LogP contribution is 2.32. The largest absolute Gasteiger partial charge is 0.350 e. The minimum Gasteiger partial charge on any atom is -0.350 e. The minimum absolute atomic E-state index is 0.0696. The van der Waals surface area contributed by atoms with Gasteiger partial charge in [0.25, 0.3) is 5.91 Å². The molecule has 3 aromatic rings. The Labute approximate surface area is 168 Å². The summed E-state index contributed by atoms with van der Waals surface area (Å²) in [6, 6.07) is 6.05. The number of anilines is 2. The lowest BCUT2D eigenvalue weighted by Gasteiger charge is -2.20. The molecule has 2 aromatic carbocycles. The number of hydrogen-bond acceptors (Lipinski definition) is 4. The quantitative estimate of drug-likeness (QED) is 0.545.